The number of carbonyl (C=O) groups is 1. The quantitative estimate of drug-likeness (QED) is 0.807. The number of carboxylic acid groups (broad SMARTS) is 1. The molecule has 1 atom stereocenters. The Balaban J connectivity index is 3.09. The first-order valence-corrected chi connectivity index (χ1v) is 5.93. The van der Waals surface area contributed by atoms with Gasteiger partial charge in [-0.05, 0) is 13.3 Å². The minimum Gasteiger partial charge on any atom is -0.487 e. The maximum absolute atomic E-state index is 11.1. The number of ether oxygens (including phenoxy) is 2. The lowest BCUT2D eigenvalue weighted by Gasteiger charge is -2.18. The smallest absolute Gasteiger partial charge is 0.342 e. The lowest BCUT2D eigenvalue weighted by atomic mass is 10.2. The largest absolute Gasteiger partial charge is 0.487 e. The van der Waals surface area contributed by atoms with E-state index >= 15 is 0 Å². The van der Waals surface area contributed by atoms with Gasteiger partial charge >= 0.3 is 5.97 Å². The number of nitrogens with zero attached hydrogens (tertiary/aromatic N) is 1. The first-order chi connectivity index (χ1) is 8.49. The van der Waals surface area contributed by atoms with E-state index in [0.29, 0.717) is 18.7 Å². The van der Waals surface area contributed by atoms with E-state index in [1.165, 1.54) is 0 Å². The standard InChI is InChI=1S/C12H16ClNO4/c1-4-8(6-17-3)18-9-5-7(2)14-11(13)10(9)12(15)16/h5,8H,4,6H2,1-3H3,(H,15,16). The summed E-state index contributed by atoms with van der Waals surface area (Å²) < 4.78 is 10.6. The van der Waals surface area contributed by atoms with Gasteiger partial charge in [0.2, 0.25) is 0 Å². The van der Waals surface area contributed by atoms with Crippen molar-refractivity contribution in [2.45, 2.75) is 26.4 Å². The van der Waals surface area contributed by atoms with Crippen LogP contribution in [0, 0.1) is 6.92 Å². The summed E-state index contributed by atoms with van der Waals surface area (Å²) in [4.78, 5) is 15.1. The highest BCUT2D eigenvalue weighted by Gasteiger charge is 2.20. The van der Waals surface area contributed by atoms with Gasteiger partial charge in [0.1, 0.15) is 22.6 Å². The summed E-state index contributed by atoms with van der Waals surface area (Å²) in [6.07, 6.45) is 0.484. The molecule has 1 heterocycles. The van der Waals surface area contributed by atoms with E-state index in [1.807, 2.05) is 6.92 Å². The number of hydrogen-bond acceptors (Lipinski definition) is 4. The number of aromatic carboxylic acids is 1. The summed E-state index contributed by atoms with van der Waals surface area (Å²) >= 11 is 5.83. The van der Waals surface area contributed by atoms with Crippen molar-refractivity contribution >= 4 is 17.6 Å². The predicted molar refractivity (Wildman–Crippen MR) is 67.5 cm³/mol. The average Bonchev–Trinajstić information content (AvgIpc) is 2.26. The molecule has 5 nitrogen and oxygen atoms in total. The second-order valence-electron chi connectivity index (χ2n) is 3.84. The van der Waals surface area contributed by atoms with E-state index in [-0.39, 0.29) is 22.6 Å². The third kappa shape index (κ3) is 3.58. The van der Waals surface area contributed by atoms with Crippen molar-refractivity contribution in [2.24, 2.45) is 0 Å². The van der Waals surface area contributed by atoms with Gasteiger partial charge in [0.15, 0.2) is 0 Å². The molecule has 0 saturated carbocycles. The average molecular weight is 274 g/mol. The molecule has 0 aliphatic carbocycles. The molecule has 0 amide bonds. The lowest BCUT2D eigenvalue weighted by Crippen LogP contribution is -2.22. The number of aryl methyl sites for hydroxylation is 1. The summed E-state index contributed by atoms with van der Waals surface area (Å²) in [6.45, 7) is 4.04. The normalized spacial score (nSPS) is 12.2. The molecule has 0 aliphatic heterocycles. The molecule has 0 radical (unpaired) electrons. The second kappa shape index (κ2) is 6.56. The Morgan fingerprint density at radius 3 is 2.78 bits per heavy atom. The van der Waals surface area contributed by atoms with Crippen molar-refractivity contribution in [3.63, 3.8) is 0 Å². The molecule has 0 bridgehead atoms. The fourth-order valence-electron chi connectivity index (χ4n) is 1.49. The molecular weight excluding hydrogens is 258 g/mol. The van der Waals surface area contributed by atoms with E-state index in [4.69, 9.17) is 26.2 Å². The van der Waals surface area contributed by atoms with Crippen LogP contribution >= 0.6 is 11.6 Å². The van der Waals surface area contributed by atoms with Crippen molar-refractivity contribution in [2.75, 3.05) is 13.7 Å². The molecule has 6 heteroatoms. The zero-order valence-corrected chi connectivity index (χ0v) is 11.3. The SMILES string of the molecule is CCC(COC)Oc1cc(C)nc(Cl)c1C(=O)O. The van der Waals surface area contributed by atoms with E-state index < -0.39 is 5.97 Å². The van der Waals surface area contributed by atoms with Gasteiger partial charge in [0.05, 0.1) is 6.61 Å². The molecule has 0 aromatic carbocycles. The Morgan fingerprint density at radius 1 is 1.61 bits per heavy atom. The summed E-state index contributed by atoms with van der Waals surface area (Å²) in [5.41, 5.74) is 0.490. The summed E-state index contributed by atoms with van der Waals surface area (Å²) in [5, 5.41) is 9.05. The van der Waals surface area contributed by atoms with Gasteiger partial charge < -0.3 is 14.6 Å². The number of carboxylic acids is 1. The van der Waals surface area contributed by atoms with E-state index in [1.54, 1.807) is 20.1 Å². The van der Waals surface area contributed by atoms with Gasteiger partial charge in [-0.3, -0.25) is 0 Å². The Hall–Kier alpha value is -1.33. The van der Waals surface area contributed by atoms with Gasteiger partial charge in [0, 0.05) is 18.9 Å². The zero-order chi connectivity index (χ0) is 13.7. The minimum atomic E-state index is -1.16. The van der Waals surface area contributed by atoms with E-state index in [9.17, 15) is 4.79 Å². The first kappa shape index (κ1) is 14.7. The maximum atomic E-state index is 11.1. The molecule has 0 spiro atoms. The third-order valence-corrected chi connectivity index (χ3v) is 2.66. The molecule has 0 aliphatic rings. The van der Waals surface area contributed by atoms with Crippen molar-refractivity contribution in [3.05, 3.63) is 22.5 Å². The lowest BCUT2D eigenvalue weighted by molar-refractivity contribution is 0.0653. The van der Waals surface area contributed by atoms with Crippen LogP contribution in [0.25, 0.3) is 0 Å². The third-order valence-electron chi connectivity index (χ3n) is 2.38. The summed E-state index contributed by atoms with van der Waals surface area (Å²) in [5.74, 6) is -0.932. The van der Waals surface area contributed by atoms with Crippen LogP contribution < -0.4 is 4.74 Å². The van der Waals surface area contributed by atoms with Crippen LogP contribution in [0.4, 0.5) is 0 Å². The van der Waals surface area contributed by atoms with Crippen LogP contribution in [-0.2, 0) is 4.74 Å². The number of pyridine rings is 1. The predicted octanol–water partition coefficient (Wildman–Crippen LogP) is 2.55. The van der Waals surface area contributed by atoms with Crippen molar-refractivity contribution in [3.8, 4) is 5.75 Å². The van der Waals surface area contributed by atoms with E-state index in [2.05, 4.69) is 4.98 Å². The number of rotatable bonds is 6. The van der Waals surface area contributed by atoms with Crippen LogP contribution in [-0.4, -0.2) is 35.9 Å². The Bertz CT molecular complexity index is 436. The Labute approximate surface area is 111 Å². The van der Waals surface area contributed by atoms with Crippen molar-refractivity contribution in [1.29, 1.82) is 0 Å². The van der Waals surface area contributed by atoms with Crippen LogP contribution in [0.15, 0.2) is 6.07 Å². The highest BCUT2D eigenvalue weighted by atomic mass is 35.5. The molecule has 1 rings (SSSR count). The van der Waals surface area contributed by atoms with Crippen LogP contribution in [0.1, 0.15) is 29.4 Å². The minimum absolute atomic E-state index is 0.0650. The molecule has 0 fully saturated rings. The van der Waals surface area contributed by atoms with E-state index in [0.717, 1.165) is 0 Å². The van der Waals surface area contributed by atoms with Gasteiger partial charge in [-0.2, -0.15) is 0 Å². The summed E-state index contributed by atoms with van der Waals surface area (Å²) in [7, 11) is 1.56. The second-order valence-corrected chi connectivity index (χ2v) is 4.19. The fourth-order valence-corrected chi connectivity index (χ4v) is 1.80. The molecule has 1 unspecified atom stereocenters. The monoisotopic (exact) mass is 273 g/mol. The highest BCUT2D eigenvalue weighted by molar-refractivity contribution is 6.32. The molecule has 1 N–H and O–H groups in total. The Morgan fingerprint density at radius 2 is 2.28 bits per heavy atom. The molecular formula is C12H16ClNO4. The number of halogens is 1. The van der Waals surface area contributed by atoms with Crippen LogP contribution in [0.5, 0.6) is 5.75 Å². The van der Waals surface area contributed by atoms with Crippen LogP contribution in [0.2, 0.25) is 5.15 Å². The fraction of sp³-hybridized carbons (Fsp3) is 0.500. The van der Waals surface area contributed by atoms with Crippen molar-refractivity contribution < 1.29 is 19.4 Å². The molecule has 0 saturated heterocycles. The maximum Gasteiger partial charge on any atom is 0.342 e. The van der Waals surface area contributed by atoms with Gasteiger partial charge in [-0.15, -0.1) is 0 Å². The highest BCUT2D eigenvalue weighted by Crippen LogP contribution is 2.27. The number of methoxy groups -OCH3 is 1. The summed E-state index contributed by atoms with van der Waals surface area (Å²) in [6, 6.07) is 1.56. The molecule has 1 aromatic heterocycles. The number of hydrogen-bond donors (Lipinski definition) is 1. The van der Waals surface area contributed by atoms with Crippen molar-refractivity contribution in [1.82, 2.24) is 4.98 Å². The molecule has 18 heavy (non-hydrogen) atoms. The number of aromatic nitrogens is 1. The molecule has 100 valence electrons. The van der Waals surface area contributed by atoms with Gasteiger partial charge in [-0.25, -0.2) is 9.78 Å². The van der Waals surface area contributed by atoms with Gasteiger partial charge in [-0.1, -0.05) is 18.5 Å². The molecule has 1 aromatic rings. The zero-order valence-electron chi connectivity index (χ0n) is 10.6. The van der Waals surface area contributed by atoms with Crippen LogP contribution in [0.3, 0.4) is 0 Å². The first-order valence-electron chi connectivity index (χ1n) is 5.55. The Kier molecular flexibility index (Phi) is 5.37. The van der Waals surface area contributed by atoms with Gasteiger partial charge in [0.25, 0.3) is 0 Å². The topological polar surface area (TPSA) is 68.7 Å².